The first-order chi connectivity index (χ1) is 27.1. The Hall–Kier alpha value is -6.44. The second-order valence-electron chi connectivity index (χ2n) is 14.2. The summed E-state index contributed by atoms with van der Waals surface area (Å²) >= 11 is 0. The van der Waals surface area contributed by atoms with E-state index in [1.807, 2.05) is 12.1 Å². The Labute approximate surface area is 323 Å². The summed E-state index contributed by atoms with van der Waals surface area (Å²) in [6.45, 7) is 4.38. The molecule has 1 aliphatic heterocycles. The van der Waals surface area contributed by atoms with Crippen molar-refractivity contribution in [2.45, 2.75) is 64.1 Å². The number of ether oxygens (including phenoxy) is 2. The van der Waals surface area contributed by atoms with Crippen LogP contribution in [-0.4, -0.2) is 88.2 Å². The van der Waals surface area contributed by atoms with E-state index >= 15 is 0 Å². The highest BCUT2D eigenvalue weighted by atomic mass is 16.5. The number of hydrogen-bond acceptors (Lipinski definition) is 8. The number of nitrogens with one attached hydrogen (secondary N) is 5. The van der Waals surface area contributed by atoms with Gasteiger partial charge in [0.05, 0.1) is 42.3 Å². The topological polar surface area (TPSA) is 183 Å². The standard InChI is InChI=1S/C42H46N8O6/c1-24(44-41(53)55-3)39(51)43-18-6-5-9-37-46-32-16-14-30(22-34(32)47-37)28-12-10-27-21-29(13-11-26(27)20-28)31-15-17-33-35(23-31)49-38(48-33)36-8-7-19-50(36)40(52)25(2)45-42(54)56-4/h10-17,20-25,36H,5-9,18-19H2,1-4H3,(H,43,51)(H,44,53)(H,45,54)(H,46,47)(H,48,49)/t24-,25?,36?/m0/s1. The molecule has 0 spiro atoms. The first-order valence-corrected chi connectivity index (χ1v) is 18.9. The van der Waals surface area contributed by atoms with Gasteiger partial charge in [-0.05, 0) is 109 Å². The number of nitrogens with zero attached hydrogens (tertiary/aromatic N) is 3. The Morgan fingerprint density at radius 2 is 1.32 bits per heavy atom. The van der Waals surface area contributed by atoms with Gasteiger partial charge < -0.3 is 40.3 Å². The molecule has 4 amide bonds. The molecular formula is C42H46N8O6. The summed E-state index contributed by atoms with van der Waals surface area (Å²) in [5.41, 5.74) is 7.95. The van der Waals surface area contributed by atoms with Crippen molar-refractivity contribution in [3.63, 3.8) is 0 Å². The number of amides is 4. The lowest BCUT2D eigenvalue weighted by molar-refractivity contribution is -0.134. The van der Waals surface area contributed by atoms with Crippen LogP contribution in [-0.2, 0) is 25.5 Å². The number of aromatic amines is 2. The SMILES string of the molecule is COC(=O)NC(C)C(=O)N1CCCC1c1nc2ccc(-c3ccc4cc(-c5ccc6nc(CCCCNC(=O)[C@H](C)NC(=O)OC)[nH]c6c5)ccc4c3)cc2[nH]1. The van der Waals surface area contributed by atoms with Gasteiger partial charge in [0.15, 0.2) is 0 Å². The number of hydrogen-bond donors (Lipinski definition) is 5. The highest BCUT2D eigenvalue weighted by molar-refractivity contribution is 5.93. The average Bonchev–Trinajstić information content (AvgIpc) is 3.97. The molecule has 3 atom stereocenters. The summed E-state index contributed by atoms with van der Waals surface area (Å²) in [6.07, 6.45) is 2.74. The molecule has 4 aromatic carbocycles. The van der Waals surface area contributed by atoms with Crippen LogP contribution in [0.1, 0.15) is 57.2 Å². The van der Waals surface area contributed by atoms with Gasteiger partial charge in [0.1, 0.15) is 23.7 Å². The van der Waals surface area contributed by atoms with Crippen molar-refractivity contribution in [3.8, 4) is 22.3 Å². The summed E-state index contributed by atoms with van der Waals surface area (Å²) in [4.78, 5) is 66.7. The van der Waals surface area contributed by atoms with Crippen LogP contribution in [0.2, 0.25) is 0 Å². The van der Waals surface area contributed by atoms with Gasteiger partial charge in [-0.2, -0.15) is 0 Å². The minimum atomic E-state index is -0.705. The summed E-state index contributed by atoms with van der Waals surface area (Å²) in [5.74, 6) is 1.22. The highest BCUT2D eigenvalue weighted by Crippen LogP contribution is 2.34. The monoisotopic (exact) mass is 758 g/mol. The van der Waals surface area contributed by atoms with Crippen LogP contribution in [0.5, 0.6) is 0 Å². The molecule has 7 rings (SSSR count). The molecule has 1 aliphatic rings. The number of alkyl carbamates (subject to hydrolysis) is 2. The van der Waals surface area contributed by atoms with Crippen LogP contribution in [0.4, 0.5) is 9.59 Å². The van der Waals surface area contributed by atoms with Crippen molar-refractivity contribution in [1.29, 1.82) is 0 Å². The van der Waals surface area contributed by atoms with E-state index in [0.29, 0.717) is 13.1 Å². The lowest BCUT2D eigenvalue weighted by atomic mass is 9.97. The fraction of sp³-hybridized carbons (Fsp3) is 0.333. The Balaban J connectivity index is 0.991. The van der Waals surface area contributed by atoms with Crippen LogP contribution >= 0.6 is 0 Å². The van der Waals surface area contributed by atoms with E-state index in [4.69, 9.17) is 9.97 Å². The lowest BCUT2D eigenvalue weighted by Gasteiger charge is -2.26. The molecule has 56 heavy (non-hydrogen) atoms. The first-order valence-electron chi connectivity index (χ1n) is 18.9. The summed E-state index contributed by atoms with van der Waals surface area (Å²) in [5, 5.41) is 10.1. The van der Waals surface area contributed by atoms with Gasteiger partial charge in [-0.25, -0.2) is 19.6 Å². The number of unbranched alkanes of at least 4 members (excludes halogenated alkanes) is 1. The maximum absolute atomic E-state index is 13.2. The van der Waals surface area contributed by atoms with E-state index in [2.05, 4.69) is 96.1 Å². The zero-order valence-electron chi connectivity index (χ0n) is 31.9. The minimum absolute atomic E-state index is 0.165. The molecule has 2 aromatic heterocycles. The van der Waals surface area contributed by atoms with Gasteiger partial charge in [-0.15, -0.1) is 0 Å². The fourth-order valence-corrected chi connectivity index (χ4v) is 7.28. The molecule has 3 heterocycles. The zero-order chi connectivity index (χ0) is 39.3. The van der Waals surface area contributed by atoms with Gasteiger partial charge >= 0.3 is 12.2 Å². The second-order valence-corrected chi connectivity index (χ2v) is 14.2. The molecule has 2 unspecified atom stereocenters. The number of benzene rings is 4. The molecule has 6 aromatic rings. The number of rotatable bonds is 12. The number of imidazole rings is 2. The van der Waals surface area contributed by atoms with Gasteiger partial charge in [-0.1, -0.05) is 36.4 Å². The number of likely N-dealkylation sites (tertiary alicyclic amines) is 1. The van der Waals surface area contributed by atoms with E-state index in [1.165, 1.54) is 14.2 Å². The molecule has 1 fully saturated rings. The van der Waals surface area contributed by atoms with Crippen molar-refractivity contribution in [2.24, 2.45) is 0 Å². The van der Waals surface area contributed by atoms with E-state index in [-0.39, 0.29) is 17.9 Å². The van der Waals surface area contributed by atoms with Crippen LogP contribution in [0.3, 0.4) is 0 Å². The van der Waals surface area contributed by atoms with E-state index < -0.39 is 24.3 Å². The van der Waals surface area contributed by atoms with Gasteiger partial charge in [0, 0.05) is 19.5 Å². The number of aromatic nitrogens is 4. The van der Waals surface area contributed by atoms with Crippen LogP contribution < -0.4 is 16.0 Å². The van der Waals surface area contributed by atoms with Gasteiger partial charge in [-0.3, -0.25) is 9.59 Å². The third-order valence-electron chi connectivity index (χ3n) is 10.3. The number of aryl methyl sites for hydroxylation is 1. The quantitative estimate of drug-likeness (QED) is 0.0875. The first kappa shape index (κ1) is 37.9. The van der Waals surface area contributed by atoms with Crippen LogP contribution in [0.25, 0.3) is 55.1 Å². The Morgan fingerprint density at radius 1 is 0.750 bits per heavy atom. The lowest BCUT2D eigenvalue weighted by Crippen LogP contribution is -2.46. The predicted molar refractivity (Wildman–Crippen MR) is 214 cm³/mol. The Kier molecular flexibility index (Phi) is 11.2. The molecular weight excluding hydrogens is 713 g/mol. The highest BCUT2D eigenvalue weighted by Gasteiger charge is 2.35. The number of carbonyl (C=O) groups excluding carboxylic acids is 4. The normalized spacial score (nSPS) is 15.1. The largest absolute Gasteiger partial charge is 0.453 e. The maximum Gasteiger partial charge on any atom is 0.407 e. The Morgan fingerprint density at radius 3 is 1.96 bits per heavy atom. The van der Waals surface area contributed by atoms with Crippen molar-refractivity contribution in [3.05, 3.63) is 84.4 Å². The van der Waals surface area contributed by atoms with Crippen LogP contribution in [0.15, 0.2) is 72.8 Å². The third-order valence-corrected chi connectivity index (χ3v) is 10.3. The number of methoxy groups -OCH3 is 2. The predicted octanol–water partition coefficient (Wildman–Crippen LogP) is 6.52. The van der Waals surface area contributed by atoms with E-state index in [1.54, 1.807) is 18.7 Å². The molecule has 1 saturated heterocycles. The summed E-state index contributed by atoms with van der Waals surface area (Å²) < 4.78 is 9.20. The van der Waals surface area contributed by atoms with Crippen molar-refractivity contribution >= 4 is 56.8 Å². The molecule has 0 aliphatic carbocycles. The summed E-state index contributed by atoms with van der Waals surface area (Å²) in [7, 11) is 2.54. The van der Waals surface area contributed by atoms with E-state index in [9.17, 15) is 19.2 Å². The van der Waals surface area contributed by atoms with Gasteiger partial charge in [0.2, 0.25) is 11.8 Å². The third kappa shape index (κ3) is 8.28. The van der Waals surface area contributed by atoms with Crippen molar-refractivity contribution in [2.75, 3.05) is 27.3 Å². The molecule has 0 saturated carbocycles. The summed E-state index contributed by atoms with van der Waals surface area (Å²) in [6, 6.07) is 23.8. The van der Waals surface area contributed by atoms with Crippen molar-refractivity contribution in [1.82, 2.24) is 40.8 Å². The molecule has 14 nitrogen and oxygen atoms in total. The molecule has 0 radical (unpaired) electrons. The second kappa shape index (κ2) is 16.5. The van der Waals surface area contributed by atoms with Crippen molar-refractivity contribution < 1.29 is 28.7 Å². The molecule has 14 heteroatoms. The minimum Gasteiger partial charge on any atom is -0.453 e. The smallest absolute Gasteiger partial charge is 0.407 e. The zero-order valence-corrected chi connectivity index (χ0v) is 31.9. The number of H-pyrrole nitrogens is 2. The maximum atomic E-state index is 13.2. The molecule has 5 N–H and O–H groups in total. The Bertz CT molecular complexity index is 2420. The molecule has 290 valence electrons. The number of carbonyl (C=O) groups is 4. The average molecular weight is 759 g/mol. The van der Waals surface area contributed by atoms with Gasteiger partial charge in [0.25, 0.3) is 0 Å². The number of fused-ring (bicyclic) bond motifs is 3. The van der Waals surface area contributed by atoms with Crippen LogP contribution in [0, 0.1) is 0 Å². The van der Waals surface area contributed by atoms with E-state index in [0.717, 1.165) is 98.8 Å². The fourth-order valence-electron chi connectivity index (χ4n) is 7.28. The molecule has 0 bridgehead atoms.